The van der Waals surface area contributed by atoms with Gasteiger partial charge in [0.1, 0.15) is 0 Å². The molecule has 2 atom stereocenters. The molecule has 0 radical (unpaired) electrons. The SMILES string of the molecule is CC(CCCF)C(F)(F)C(F)(C=C(F)F)C(F)(F)F. The van der Waals surface area contributed by atoms with Crippen LogP contribution in [0, 0.1) is 5.92 Å². The van der Waals surface area contributed by atoms with Crippen molar-refractivity contribution in [2.75, 3.05) is 6.67 Å². The first kappa shape index (κ1) is 18.1. The van der Waals surface area contributed by atoms with Crippen LogP contribution < -0.4 is 0 Å². The van der Waals surface area contributed by atoms with Crippen molar-refractivity contribution in [2.24, 2.45) is 5.92 Å². The highest BCUT2D eigenvalue weighted by Crippen LogP contribution is 2.51. The molecule has 0 nitrogen and oxygen atoms in total. The lowest BCUT2D eigenvalue weighted by Crippen LogP contribution is -2.57. The molecule has 0 heterocycles. The van der Waals surface area contributed by atoms with Crippen LogP contribution in [0.2, 0.25) is 0 Å². The van der Waals surface area contributed by atoms with E-state index in [1.165, 1.54) is 0 Å². The molecule has 0 aliphatic heterocycles. The lowest BCUT2D eigenvalue weighted by Gasteiger charge is -2.36. The highest BCUT2D eigenvalue weighted by Gasteiger charge is 2.71. The molecule has 0 bridgehead atoms. The van der Waals surface area contributed by atoms with E-state index in [2.05, 4.69) is 0 Å². The molecule has 0 spiro atoms. The zero-order chi connectivity index (χ0) is 15.5. The quantitative estimate of drug-likeness (QED) is 0.602. The fourth-order valence-corrected chi connectivity index (χ4v) is 1.44. The Labute approximate surface area is 103 Å². The number of hydrogen-bond donors (Lipinski definition) is 0. The van der Waals surface area contributed by atoms with E-state index in [9.17, 15) is 39.5 Å². The molecule has 114 valence electrons. The molecule has 2 unspecified atom stereocenters. The summed E-state index contributed by atoms with van der Waals surface area (Å²) in [6.07, 6.45) is -12.2. The minimum atomic E-state index is -6.22. The fourth-order valence-electron chi connectivity index (χ4n) is 1.44. The van der Waals surface area contributed by atoms with E-state index in [1.54, 1.807) is 0 Å². The number of halogens is 9. The topological polar surface area (TPSA) is 0 Å². The number of hydrogen-bond acceptors (Lipinski definition) is 0. The number of rotatable bonds is 6. The summed E-state index contributed by atoms with van der Waals surface area (Å²) in [5.74, 6) is -7.39. The van der Waals surface area contributed by atoms with Crippen molar-refractivity contribution < 1.29 is 39.5 Å². The molecule has 9 heteroatoms. The van der Waals surface area contributed by atoms with Crippen LogP contribution in [-0.2, 0) is 0 Å². The Morgan fingerprint density at radius 3 is 1.84 bits per heavy atom. The molecule has 0 aromatic carbocycles. The molecule has 0 saturated carbocycles. The van der Waals surface area contributed by atoms with Crippen LogP contribution in [0.5, 0.6) is 0 Å². The van der Waals surface area contributed by atoms with Crippen LogP contribution >= 0.6 is 0 Å². The van der Waals surface area contributed by atoms with Gasteiger partial charge in [-0.05, 0) is 12.8 Å². The van der Waals surface area contributed by atoms with Gasteiger partial charge in [-0.1, -0.05) is 6.92 Å². The summed E-state index contributed by atoms with van der Waals surface area (Å²) in [4.78, 5) is 0. The lowest BCUT2D eigenvalue weighted by atomic mass is 9.85. The Kier molecular flexibility index (Phi) is 5.76. The Bertz CT molecular complexity index is 315. The lowest BCUT2D eigenvalue weighted by molar-refractivity contribution is -0.295. The molecule has 0 amide bonds. The van der Waals surface area contributed by atoms with Gasteiger partial charge in [-0.25, -0.2) is 13.2 Å². The first-order chi connectivity index (χ1) is 8.40. The van der Waals surface area contributed by atoms with E-state index in [4.69, 9.17) is 0 Å². The van der Waals surface area contributed by atoms with Crippen molar-refractivity contribution in [3.63, 3.8) is 0 Å². The second-order valence-electron chi connectivity index (χ2n) is 4.00. The van der Waals surface area contributed by atoms with Crippen LogP contribution in [0.1, 0.15) is 19.8 Å². The van der Waals surface area contributed by atoms with E-state index in [-0.39, 0.29) is 0 Å². The van der Waals surface area contributed by atoms with Gasteiger partial charge in [0.25, 0.3) is 17.7 Å². The minimum Gasteiger partial charge on any atom is -0.251 e. The van der Waals surface area contributed by atoms with Crippen molar-refractivity contribution in [1.29, 1.82) is 0 Å². The summed E-state index contributed by atoms with van der Waals surface area (Å²) in [5.41, 5.74) is -5.49. The van der Waals surface area contributed by atoms with Gasteiger partial charge in [-0.3, -0.25) is 4.39 Å². The Morgan fingerprint density at radius 2 is 1.53 bits per heavy atom. The smallest absolute Gasteiger partial charge is 0.251 e. The number of alkyl halides is 7. The van der Waals surface area contributed by atoms with Gasteiger partial charge < -0.3 is 0 Å². The first-order valence-corrected chi connectivity index (χ1v) is 5.13. The average Bonchev–Trinajstić information content (AvgIpc) is 2.22. The van der Waals surface area contributed by atoms with Crippen LogP contribution in [-0.4, -0.2) is 24.4 Å². The monoisotopic (exact) mass is 302 g/mol. The molecule has 0 aliphatic rings. The third-order valence-electron chi connectivity index (χ3n) is 2.60. The maximum atomic E-state index is 13.5. The predicted molar refractivity (Wildman–Crippen MR) is 49.5 cm³/mol. The average molecular weight is 302 g/mol. The van der Waals surface area contributed by atoms with Crippen LogP contribution in [0.15, 0.2) is 12.2 Å². The molecule has 19 heavy (non-hydrogen) atoms. The van der Waals surface area contributed by atoms with Gasteiger partial charge in [-0.2, -0.15) is 22.0 Å². The molecule has 0 aromatic heterocycles. The van der Waals surface area contributed by atoms with Crippen molar-refractivity contribution in [3.05, 3.63) is 12.2 Å². The second kappa shape index (κ2) is 6.04. The third kappa shape index (κ3) is 3.79. The third-order valence-corrected chi connectivity index (χ3v) is 2.60. The Hall–Kier alpha value is -0.890. The summed E-state index contributed by atoms with van der Waals surface area (Å²) >= 11 is 0. The van der Waals surface area contributed by atoms with Crippen LogP contribution in [0.4, 0.5) is 39.5 Å². The van der Waals surface area contributed by atoms with E-state index >= 15 is 0 Å². The van der Waals surface area contributed by atoms with Crippen molar-refractivity contribution >= 4 is 0 Å². The predicted octanol–water partition coefficient (Wildman–Crippen LogP) is 5.06. The van der Waals surface area contributed by atoms with Crippen LogP contribution in [0.3, 0.4) is 0 Å². The van der Waals surface area contributed by atoms with Crippen LogP contribution in [0.25, 0.3) is 0 Å². The molecule has 0 fully saturated rings. The maximum absolute atomic E-state index is 13.5. The first-order valence-electron chi connectivity index (χ1n) is 5.13. The van der Waals surface area contributed by atoms with E-state index < -0.39 is 55.4 Å². The number of allylic oxidation sites excluding steroid dienone is 1. The van der Waals surface area contributed by atoms with Gasteiger partial charge in [0.15, 0.2) is 0 Å². The van der Waals surface area contributed by atoms with Gasteiger partial charge in [-0.15, -0.1) is 0 Å². The summed E-state index contributed by atoms with van der Waals surface area (Å²) < 4.78 is 113. The standard InChI is InChI=1S/C10H11F9/c1-6(3-2-4-11)9(15,16)8(14,5-7(12)13)10(17,18)19/h5-6H,2-4H2,1H3. The zero-order valence-electron chi connectivity index (χ0n) is 9.68. The highest BCUT2D eigenvalue weighted by atomic mass is 19.4. The Morgan fingerprint density at radius 1 is 1.05 bits per heavy atom. The summed E-state index contributed by atoms with van der Waals surface area (Å²) in [7, 11) is 0. The van der Waals surface area contributed by atoms with E-state index in [0.29, 0.717) is 6.92 Å². The van der Waals surface area contributed by atoms with Gasteiger partial charge in [0.05, 0.1) is 6.67 Å². The van der Waals surface area contributed by atoms with Crippen molar-refractivity contribution in [2.45, 2.75) is 37.5 Å². The van der Waals surface area contributed by atoms with Gasteiger partial charge in [0.2, 0.25) is 0 Å². The summed E-state index contributed by atoms with van der Waals surface area (Å²) in [6.45, 7) is -0.543. The fraction of sp³-hybridized carbons (Fsp3) is 0.800. The van der Waals surface area contributed by atoms with E-state index in [0.717, 1.165) is 0 Å². The normalized spacial score (nSPS) is 17.8. The van der Waals surface area contributed by atoms with E-state index in [1.807, 2.05) is 0 Å². The maximum Gasteiger partial charge on any atom is 0.432 e. The molecule has 0 aliphatic carbocycles. The van der Waals surface area contributed by atoms with Gasteiger partial charge >= 0.3 is 6.18 Å². The highest BCUT2D eigenvalue weighted by molar-refractivity contribution is 5.15. The molecule has 0 saturated heterocycles. The van der Waals surface area contributed by atoms with Gasteiger partial charge in [0, 0.05) is 12.0 Å². The van der Waals surface area contributed by atoms with Crippen molar-refractivity contribution in [1.82, 2.24) is 0 Å². The zero-order valence-corrected chi connectivity index (χ0v) is 9.68. The molecule has 0 aromatic rings. The largest absolute Gasteiger partial charge is 0.432 e. The summed E-state index contributed by atoms with van der Waals surface area (Å²) in [5, 5.41) is 0. The minimum absolute atomic E-state index is 0.521. The Balaban J connectivity index is 5.55. The molecular weight excluding hydrogens is 291 g/mol. The second-order valence-corrected chi connectivity index (χ2v) is 4.00. The molecule has 0 N–H and O–H groups in total. The molecule has 0 rings (SSSR count). The summed E-state index contributed by atoms with van der Waals surface area (Å²) in [6, 6.07) is 0. The van der Waals surface area contributed by atoms with Crippen molar-refractivity contribution in [3.8, 4) is 0 Å². The molecular formula is C10H11F9.